The fourth-order valence-electron chi connectivity index (χ4n) is 1.98. The minimum Gasteiger partial charge on any atom is -0.486 e. The van der Waals surface area contributed by atoms with Gasteiger partial charge in [0.25, 0.3) is 0 Å². The molecule has 0 radical (unpaired) electrons. The quantitative estimate of drug-likeness (QED) is 0.759. The van der Waals surface area contributed by atoms with Crippen LogP contribution in [0.4, 0.5) is 0 Å². The SMILES string of the molecule is CCOC(=S)C(c1ccccc1)c1ccccc1. The van der Waals surface area contributed by atoms with Crippen molar-refractivity contribution in [2.75, 3.05) is 6.61 Å². The molecule has 0 spiro atoms. The van der Waals surface area contributed by atoms with Crippen molar-refractivity contribution < 1.29 is 4.74 Å². The molecule has 0 amide bonds. The number of hydrogen-bond donors (Lipinski definition) is 0. The second kappa shape index (κ2) is 6.31. The molecule has 2 heteroatoms. The molecule has 2 aromatic rings. The van der Waals surface area contributed by atoms with Gasteiger partial charge < -0.3 is 4.74 Å². The van der Waals surface area contributed by atoms with E-state index in [9.17, 15) is 0 Å². The Balaban J connectivity index is 2.38. The lowest BCUT2D eigenvalue weighted by Gasteiger charge is -2.19. The zero-order valence-corrected chi connectivity index (χ0v) is 11.2. The highest BCUT2D eigenvalue weighted by atomic mass is 32.1. The first-order valence-corrected chi connectivity index (χ1v) is 6.50. The molecule has 0 aliphatic rings. The third-order valence-electron chi connectivity index (χ3n) is 2.79. The summed E-state index contributed by atoms with van der Waals surface area (Å²) in [5, 5.41) is 0.634. The van der Waals surface area contributed by atoms with Crippen molar-refractivity contribution >= 4 is 17.3 Å². The normalized spacial score (nSPS) is 10.3. The summed E-state index contributed by atoms with van der Waals surface area (Å²) in [6, 6.07) is 20.5. The lowest BCUT2D eigenvalue weighted by atomic mass is 9.92. The van der Waals surface area contributed by atoms with Gasteiger partial charge in [0.05, 0.1) is 12.5 Å². The van der Waals surface area contributed by atoms with Gasteiger partial charge in [-0.2, -0.15) is 0 Å². The second-order valence-corrected chi connectivity index (χ2v) is 4.41. The van der Waals surface area contributed by atoms with E-state index in [1.807, 2.05) is 43.3 Å². The summed E-state index contributed by atoms with van der Waals surface area (Å²) in [4.78, 5) is 0. The largest absolute Gasteiger partial charge is 0.486 e. The molecule has 1 nitrogen and oxygen atoms in total. The van der Waals surface area contributed by atoms with Gasteiger partial charge in [0.2, 0.25) is 0 Å². The van der Waals surface area contributed by atoms with Crippen LogP contribution >= 0.6 is 12.2 Å². The fraction of sp³-hybridized carbons (Fsp3) is 0.188. The van der Waals surface area contributed by atoms with E-state index in [0.717, 1.165) is 0 Å². The molecule has 0 N–H and O–H groups in total. The van der Waals surface area contributed by atoms with E-state index in [1.54, 1.807) is 0 Å². The number of thiocarbonyl (C=S) groups is 1. The van der Waals surface area contributed by atoms with Gasteiger partial charge in [-0.1, -0.05) is 60.7 Å². The van der Waals surface area contributed by atoms with Gasteiger partial charge in [-0.3, -0.25) is 0 Å². The molecule has 0 heterocycles. The zero-order chi connectivity index (χ0) is 12.8. The van der Waals surface area contributed by atoms with Gasteiger partial charge in [0.15, 0.2) is 5.05 Å². The summed E-state index contributed by atoms with van der Waals surface area (Å²) in [6.45, 7) is 2.56. The number of rotatable bonds is 4. The van der Waals surface area contributed by atoms with E-state index in [1.165, 1.54) is 11.1 Å². The van der Waals surface area contributed by atoms with Crippen molar-refractivity contribution in [1.29, 1.82) is 0 Å². The Morgan fingerprint density at radius 3 is 1.78 bits per heavy atom. The molecule has 0 fully saturated rings. The third kappa shape index (κ3) is 2.96. The molecule has 18 heavy (non-hydrogen) atoms. The maximum atomic E-state index is 5.54. The Kier molecular flexibility index (Phi) is 4.48. The molecule has 0 saturated heterocycles. The van der Waals surface area contributed by atoms with Crippen molar-refractivity contribution in [2.45, 2.75) is 12.8 Å². The Morgan fingerprint density at radius 1 is 0.944 bits per heavy atom. The monoisotopic (exact) mass is 256 g/mol. The Bertz CT molecular complexity index is 454. The lowest BCUT2D eigenvalue weighted by molar-refractivity contribution is 0.325. The van der Waals surface area contributed by atoms with Crippen LogP contribution in [0.5, 0.6) is 0 Å². The van der Waals surface area contributed by atoms with E-state index in [2.05, 4.69) is 24.3 Å². The van der Waals surface area contributed by atoms with Crippen molar-refractivity contribution in [2.24, 2.45) is 0 Å². The van der Waals surface area contributed by atoms with Gasteiger partial charge in [0, 0.05) is 0 Å². The molecule has 0 aliphatic carbocycles. The Labute approximate surface area is 113 Å². The topological polar surface area (TPSA) is 9.23 Å². The van der Waals surface area contributed by atoms with Crippen molar-refractivity contribution in [3.63, 3.8) is 0 Å². The highest BCUT2D eigenvalue weighted by Crippen LogP contribution is 2.26. The molecular formula is C16H16OS. The summed E-state index contributed by atoms with van der Waals surface area (Å²) >= 11 is 5.42. The lowest BCUT2D eigenvalue weighted by Crippen LogP contribution is -2.15. The van der Waals surface area contributed by atoms with Gasteiger partial charge in [-0.15, -0.1) is 0 Å². The van der Waals surface area contributed by atoms with E-state index in [4.69, 9.17) is 17.0 Å². The molecule has 2 aromatic carbocycles. The van der Waals surface area contributed by atoms with Gasteiger partial charge in [-0.05, 0) is 30.3 Å². The molecule has 0 aliphatic heterocycles. The summed E-state index contributed by atoms with van der Waals surface area (Å²) in [5.74, 6) is 0.0300. The molecule has 2 rings (SSSR count). The average molecular weight is 256 g/mol. The fourth-order valence-corrected chi connectivity index (χ4v) is 2.37. The van der Waals surface area contributed by atoms with Crippen LogP contribution in [0.25, 0.3) is 0 Å². The summed E-state index contributed by atoms with van der Waals surface area (Å²) in [7, 11) is 0. The molecular weight excluding hydrogens is 240 g/mol. The van der Waals surface area contributed by atoms with Crippen LogP contribution in [0.1, 0.15) is 24.0 Å². The average Bonchev–Trinajstić information content (AvgIpc) is 2.42. The molecule has 0 atom stereocenters. The smallest absolute Gasteiger partial charge is 0.171 e. The molecule has 92 valence electrons. The van der Waals surface area contributed by atoms with E-state index in [-0.39, 0.29) is 5.92 Å². The highest BCUT2D eigenvalue weighted by molar-refractivity contribution is 7.80. The van der Waals surface area contributed by atoms with Crippen LogP contribution in [0.2, 0.25) is 0 Å². The van der Waals surface area contributed by atoms with Crippen molar-refractivity contribution in [3.8, 4) is 0 Å². The zero-order valence-electron chi connectivity index (χ0n) is 10.4. The molecule has 0 bridgehead atoms. The highest BCUT2D eigenvalue weighted by Gasteiger charge is 2.19. The van der Waals surface area contributed by atoms with E-state index in [0.29, 0.717) is 11.7 Å². The van der Waals surface area contributed by atoms with Crippen LogP contribution < -0.4 is 0 Å². The minimum absolute atomic E-state index is 0.0300. The van der Waals surface area contributed by atoms with Crippen LogP contribution in [-0.2, 0) is 4.74 Å². The number of benzene rings is 2. The van der Waals surface area contributed by atoms with Crippen molar-refractivity contribution in [3.05, 3.63) is 71.8 Å². The van der Waals surface area contributed by atoms with Crippen LogP contribution in [0, 0.1) is 0 Å². The van der Waals surface area contributed by atoms with Crippen LogP contribution in [-0.4, -0.2) is 11.7 Å². The van der Waals surface area contributed by atoms with E-state index < -0.39 is 0 Å². The van der Waals surface area contributed by atoms with Crippen LogP contribution in [0.15, 0.2) is 60.7 Å². The molecule has 0 saturated carbocycles. The first kappa shape index (κ1) is 12.8. The third-order valence-corrected chi connectivity index (χ3v) is 3.14. The predicted molar refractivity (Wildman–Crippen MR) is 79.0 cm³/mol. The maximum absolute atomic E-state index is 5.54. The first-order valence-electron chi connectivity index (χ1n) is 6.09. The van der Waals surface area contributed by atoms with E-state index >= 15 is 0 Å². The van der Waals surface area contributed by atoms with Crippen molar-refractivity contribution in [1.82, 2.24) is 0 Å². The minimum atomic E-state index is 0.0300. The number of hydrogen-bond acceptors (Lipinski definition) is 2. The maximum Gasteiger partial charge on any atom is 0.171 e. The Hall–Kier alpha value is -1.67. The predicted octanol–water partition coefficient (Wildman–Crippen LogP) is 4.18. The van der Waals surface area contributed by atoms with Gasteiger partial charge in [0.1, 0.15) is 0 Å². The Morgan fingerprint density at radius 2 is 1.39 bits per heavy atom. The van der Waals surface area contributed by atoms with Gasteiger partial charge in [-0.25, -0.2) is 0 Å². The summed E-state index contributed by atoms with van der Waals surface area (Å²) < 4.78 is 5.54. The summed E-state index contributed by atoms with van der Waals surface area (Å²) in [5.41, 5.74) is 2.34. The summed E-state index contributed by atoms with van der Waals surface area (Å²) in [6.07, 6.45) is 0. The molecule has 0 aromatic heterocycles. The number of ether oxygens (including phenoxy) is 1. The molecule has 0 unspecified atom stereocenters. The standard InChI is InChI=1S/C16H16OS/c1-2-17-16(18)15(13-9-5-3-6-10-13)14-11-7-4-8-12-14/h3-12,15H,2H2,1H3. The van der Waals surface area contributed by atoms with Gasteiger partial charge >= 0.3 is 0 Å². The second-order valence-electron chi connectivity index (χ2n) is 4.01. The first-order chi connectivity index (χ1) is 8.83. The van der Waals surface area contributed by atoms with Crippen LogP contribution in [0.3, 0.4) is 0 Å².